The van der Waals surface area contributed by atoms with Crippen LogP contribution in [0.5, 0.6) is 5.75 Å². The normalized spacial score (nSPS) is 10.2. The predicted molar refractivity (Wildman–Crippen MR) is 106 cm³/mol. The molecule has 0 bridgehead atoms. The summed E-state index contributed by atoms with van der Waals surface area (Å²) in [6.45, 7) is 0.765. The Balaban J connectivity index is 1.58. The third-order valence-electron chi connectivity index (χ3n) is 4.17. The monoisotopic (exact) mass is 375 g/mol. The number of hydrogen-bond acceptors (Lipinski definition) is 4. The first kappa shape index (κ1) is 19.1. The van der Waals surface area contributed by atoms with E-state index < -0.39 is 0 Å². The van der Waals surface area contributed by atoms with Crippen molar-refractivity contribution in [2.75, 3.05) is 7.11 Å². The summed E-state index contributed by atoms with van der Waals surface area (Å²) in [4.78, 5) is 28.8. The molecule has 6 heteroatoms. The van der Waals surface area contributed by atoms with Crippen molar-refractivity contribution in [1.82, 2.24) is 15.6 Å². The molecule has 2 N–H and O–H groups in total. The van der Waals surface area contributed by atoms with Gasteiger partial charge in [0.15, 0.2) is 0 Å². The highest BCUT2D eigenvalue weighted by Crippen LogP contribution is 2.11. The van der Waals surface area contributed by atoms with E-state index in [-0.39, 0.29) is 11.8 Å². The quantitative estimate of drug-likeness (QED) is 0.665. The number of carbonyl (C=O) groups excluding carboxylic acids is 2. The molecule has 3 aromatic rings. The molecule has 1 aromatic heterocycles. The minimum atomic E-state index is -0.242. The highest BCUT2D eigenvalue weighted by Gasteiger charge is 2.10. The second-order valence-corrected chi connectivity index (χ2v) is 6.16. The summed E-state index contributed by atoms with van der Waals surface area (Å²) in [6, 6.07) is 17.8. The van der Waals surface area contributed by atoms with Crippen molar-refractivity contribution in [2.24, 2.45) is 0 Å². The van der Waals surface area contributed by atoms with Crippen molar-refractivity contribution in [1.29, 1.82) is 0 Å². The van der Waals surface area contributed by atoms with Gasteiger partial charge in [0.05, 0.1) is 7.11 Å². The number of amides is 2. The Morgan fingerprint density at radius 1 is 0.857 bits per heavy atom. The zero-order valence-corrected chi connectivity index (χ0v) is 15.5. The summed E-state index contributed by atoms with van der Waals surface area (Å²) in [6.07, 6.45) is 3.38. The van der Waals surface area contributed by atoms with Gasteiger partial charge in [-0.1, -0.05) is 24.3 Å². The molecule has 28 heavy (non-hydrogen) atoms. The molecular formula is C22H21N3O3. The lowest BCUT2D eigenvalue weighted by molar-refractivity contribution is 0.0950. The molecular weight excluding hydrogens is 354 g/mol. The Kier molecular flexibility index (Phi) is 6.36. The van der Waals surface area contributed by atoms with Crippen LogP contribution in [0.4, 0.5) is 0 Å². The first-order chi connectivity index (χ1) is 13.7. The molecule has 0 aliphatic carbocycles. The van der Waals surface area contributed by atoms with Gasteiger partial charge in [-0.25, -0.2) is 0 Å². The molecule has 2 aromatic carbocycles. The molecule has 2 amide bonds. The van der Waals surface area contributed by atoms with Gasteiger partial charge in [-0.05, 0) is 47.5 Å². The second-order valence-electron chi connectivity index (χ2n) is 6.16. The highest BCUT2D eigenvalue weighted by atomic mass is 16.5. The third-order valence-corrected chi connectivity index (χ3v) is 4.17. The highest BCUT2D eigenvalue weighted by molar-refractivity contribution is 5.99. The smallest absolute Gasteiger partial charge is 0.251 e. The SMILES string of the molecule is COc1ccc(CNC(=O)c2cccc(C(=O)NCc3cccnc3)c2)cc1. The topological polar surface area (TPSA) is 80.3 Å². The van der Waals surface area contributed by atoms with Crippen molar-refractivity contribution >= 4 is 11.8 Å². The summed E-state index contributed by atoms with van der Waals surface area (Å²) in [5.41, 5.74) is 2.73. The lowest BCUT2D eigenvalue weighted by atomic mass is 10.1. The van der Waals surface area contributed by atoms with E-state index in [0.717, 1.165) is 16.9 Å². The van der Waals surface area contributed by atoms with Gasteiger partial charge in [0.2, 0.25) is 0 Å². The number of pyridine rings is 1. The molecule has 0 aliphatic heterocycles. The lowest BCUT2D eigenvalue weighted by Gasteiger charge is -2.09. The average molecular weight is 375 g/mol. The van der Waals surface area contributed by atoms with Gasteiger partial charge in [0.25, 0.3) is 11.8 Å². The Bertz CT molecular complexity index is 941. The maximum Gasteiger partial charge on any atom is 0.251 e. The first-order valence-electron chi connectivity index (χ1n) is 8.84. The molecule has 1 heterocycles. The van der Waals surface area contributed by atoms with Crippen LogP contribution < -0.4 is 15.4 Å². The van der Waals surface area contributed by atoms with Crippen LogP contribution in [-0.4, -0.2) is 23.9 Å². The van der Waals surface area contributed by atoms with Crippen molar-refractivity contribution in [3.63, 3.8) is 0 Å². The molecule has 0 saturated carbocycles. The number of aromatic nitrogens is 1. The number of methoxy groups -OCH3 is 1. The van der Waals surface area contributed by atoms with Gasteiger partial charge in [0.1, 0.15) is 5.75 Å². The van der Waals surface area contributed by atoms with E-state index in [0.29, 0.717) is 24.2 Å². The van der Waals surface area contributed by atoms with Crippen molar-refractivity contribution in [3.8, 4) is 5.75 Å². The maximum atomic E-state index is 12.4. The van der Waals surface area contributed by atoms with Crippen LogP contribution in [0.15, 0.2) is 73.1 Å². The molecule has 0 radical (unpaired) electrons. The second kappa shape index (κ2) is 9.32. The Labute approximate surface area is 163 Å². The average Bonchev–Trinajstić information content (AvgIpc) is 2.77. The minimum Gasteiger partial charge on any atom is -0.497 e. The van der Waals surface area contributed by atoms with Crippen LogP contribution in [0.2, 0.25) is 0 Å². The number of ether oxygens (including phenoxy) is 1. The maximum absolute atomic E-state index is 12.4. The van der Waals surface area contributed by atoms with Gasteiger partial charge >= 0.3 is 0 Å². The van der Waals surface area contributed by atoms with E-state index in [9.17, 15) is 9.59 Å². The molecule has 0 aliphatic rings. The molecule has 6 nitrogen and oxygen atoms in total. The standard InChI is InChI=1S/C22H21N3O3/c1-28-20-9-7-16(8-10-20)14-24-21(26)18-5-2-6-19(12-18)22(27)25-15-17-4-3-11-23-13-17/h2-13H,14-15H2,1H3,(H,24,26)(H,25,27). The summed E-state index contributed by atoms with van der Waals surface area (Å²) in [5.74, 6) is 0.284. The number of carbonyl (C=O) groups is 2. The zero-order chi connectivity index (χ0) is 19.8. The van der Waals surface area contributed by atoms with Gasteiger partial charge in [-0.15, -0.1) is 0 Å². The van der Waals surface area contributed by atoms with Gasteiger partial charge < -0.3 is 15.4 Å². The van der Waals surface area contributed by atoms with Gasteiger partial charge in [-0.3, -0.25) is 14.6 Å². The van der Waals surface area contributed by atoms with Crippen LogP contribution in [0, 0.1) is 0 Å². The zero-order valence-electron chi connectivity index (χ0n) is 15.5. The number of rotatable bonds is 7. The van der Waals surface area contributed by atoms with Crippen LogP contribution >= 0.6 is 0 Å². The van der Waals surface area contributed by atoms with Crippen molar-refractivity contribution in [3.05, 3.63) is 95.3 Å². The number of hydrogen-bond donors (Lipinski definition) is 2. The first-order valence-corrected chi connectivity index (χ1v) is 8.84. The molecule has 0 saturated heterocycles. The van der Waals surface area contributed by atoms with E-state index in [1.165, 1.54) is 0 Å². The number of nitrogens with zero attached hydrogens (tertiary/aromatic N) is 1. The number of nitrogens with one attached hydrogen (secondary N) is 2. The molecule has 0 atom stereocenters. The molecule has 3 rings (SSSR count). The van der Waals surface area contributed by atoms with Crippen molar-refractivity contribution < 1.29 is 14.3 Å². The van der Waals surface area contributed by atoms with E-state index in [1.807, 2.05) is 36.4 Å². The van der Waals surface area contributed by atoms with Crippen LogP contribution in [0.1, 0.15) is 31.8 Å². The summed E-state index contributed by atoms with van der Waals surface area (Å²) < 4.78 is 5.12. The summed E-state index contributed by atoms with van der Waals surface area (Å²) >= 11 is 0. The van der Waals surface area contributed by atoms with Crippen molar-refractivity contribution in [2.45, 2.75) is 13.1 Å². The number of benzene rings is 2. The van der Waals surface area contributed by atoms with E-state index in [4.69, 9.17) is 4.74 Å². The lowest BCUT2D eigenvalue weighted by Crippen LogP contribution is -2.25. The Morgan fingerprint density at radius 2 is 1.50 bits per heavy atom. The van der Waals surface area contributed by atoms with Crippen LogP contribution in [0.25, 0.3) is 0 Å². The third kappa shape index (κ3) is 5.17. The molecule has 0 spiro atoms. The summed E-state index contributed by atoms with van der Waals surface area (Å²) in [5, 5.41) is 5.68. The fourth-order valence-electron chi connectivity index (χ4n) is 2.62. The predicted octanol–water partition coefficient (Wildman–Crippen LogP) is 2.95. The van der Waals surface area contributed by atoms with E-state index in [2.05, 4.69) is 15.6 Å². The van der Waals surface area contributed by atoms with Crippen LogP contribution in [-0.2, 0) is 13.1 Å². The van der Waals surface area contributed by atoms with Gasteiger partial charge in [0, 0.05) is 36.6 Å². The summed E-state index contributed by atoms with van der Waals surface area (Å²) in [7, 11) is 1.61. The Morgan fingerprint density at radius 3 is 2.07 bits per heavy atom. The van der Waals surface area contributed by atoms with Gasteiger partial charge in [-0.2, -0.15) is 0 Å². The molecule has 0 unspecified atom stereocenters. The Hall–Kier alpha value is -3.67. The molecule has 0 fully saturated rings. The largest absolute Gasteiger partial charge is 0.497 e. The van der Waals surface area contributed by atoms with Crippen LogP contribution in [0.3, 0.4) is 0 Å². The molecule has 142 valence electrons. The fourth-order valence-corrected chi connectivity index (χ4v) is 2.62. The van der Waals surface area contributed by atoms with E-state index in [1.54, 1.807) is 43.8 Å². The fraction of sp³-hybridized carbons (Fsp3) is 0.136. The minimum absolute atomic E-state index is 0.238. The van der Waals surface area contributed by atoms with E-state index >= 15 is 0 Å².